The van der Waals surface area contributed by atoms with Crippen molar-refractivity contribution >= 4 is 5.91 Å². The summed E-state index contributed by atoms with van der Waals surface area (Å²) in [5, 5.41) is 3.02. The van der Waals surface area contributed by atoms with Gasteiger partial charge in [-0.25, -0.2) is 0 Å². The van der Waals surface area contributed by atoms with E-state index in [1.165, 1.54) is 0 Å². The van der Waals surface area contributed by atoms with Crippen molar-refractivity contribution in [1.29, 1.82) is 0 Å². The molecule has 2 atom stereocenters. The molecule has 0 unspecified atom stereocenters. The maximum Gasteiger partial charge on any atom is 0.237 e. The molecule has 6 heteroatoms. The number of benzene rings is 1. The number of carbonyl (C=O) groups excluding carboxylic acids is 1. The van der Waals surface area contributed by atoms with E-state index in [1.54, 1.807) is 7.11 Å². The van der Waals surface area contributed by atoms with E-state index in [2.05, 4.69) is 15.1 Å². The Morgan fingerprint density at radius 1 is 1.50 bits per heavy atom. The number of amides is 1. The molecule has 134 valence electrons. The Bertz CT molecular complexity index is 536. The van der Waals surface area contributed by atoms with Gasteiger partial charge in [-0.1, -0.05) is 12.1 Å². The average molecular weight is 335 g/mol. The first-order valence-corrected chi connectivity index (χ1v) is 8.40. The SMILES string of the molecule is COc1cccc(CNC(=O)[C@H](C)N2CCO[C@H](CN(C)C)C2)c1. The van der Waals surface area contributed by atoms with Gasteiger partial charge in [-0.05, 0) is 38.7 Å². The van der Waals surface area contributed by atoms with Crippen LogP contribution < -0.4 is 10.1 Å². The van der Waals surface area contributed by atoms with Gasteiger partial charge in [0.15, 0.2) is 0 Å². The second-order valence-electron chi connectivity index (χ2n) is 6.50. The molecule has 0 aromatic heterocycles. The van der Waals surface area contributed by atoms with E-state index in [9.17, 15) is 4.79 Å². The first kappa shape index (κ1) is 18.7. The van der Waals surface area contributed by atoms with Gasteiger partial charge >= 0.3 is 0 Å². The van der Waals surface area contributed by atoms with Crippen LogP contribution in [0.4, 0.5) is 0 Å². The van der Waals surface area contributed by atoms with Gasteiger partial charge in [0.2, 0.25) is 5.91 Å². The summed E-state index contributed by atoms with van der Waals surface area (Å²) in [5.41, 5.74) is 1.03. The van der Waals surface area contributed by atoms with Gasteiger partial charge in [-0.3, -0.25) is 9.69 Å². The minimum absolute atomic E-state index is 0.0447. The second kappa shape index (κ2) is 9.01. The molecule has 1 fully saturated rings. The van der Waals surface area contributed by atoms with E-state index < -0.39 is 0 Å². The highest BCUT2D eigenvalue weighted by Gasteiger charge is 2.27. The van der Waals surface area contributed by atoms with E-state index in [4.69, 9.17) is 9.47 Å². The van der Waals surface area contributed by atoms with Gasteiger partial charge in [0.05, 0.1) is 25.9 Å². The summed E-state index contributed by atoms with van der Waals surface area (Å²) in [7, 11) is 5.71. The second-order valence-corrected chi connectivity index (χ2v) is 6.50. The zero-order chi connectivity index (χ0) is 17.5. The summed E-state index contributed by atoms with van der Waals surface area (Å²) in [6.07, 6.45) is 0.155. The summed E-state index contributed by atoms with van der Waals surface area (Å²) >= 11 is 0. The molecule has 0 saturated carbocycles. The summed E-state index contributed by atoms with van der Waals surface area (Å²) in [6.45, 7) is 5.58. The van der Waals surface area contributed by atoms with E-state index in [1.807, 2.05) is 45.3 Å². The number of hydrogen-bond donors (Lipinski definition) is 1. The topological polar surface area (TPSA) is 54.0 Å². The Morgan fingerprint density at radius 2 is 2.29 bits per heavy atom. The number of rotatable bonds is 7. The normalized spacial score (nSPS) is 20.0. The predicted octanol–water partition coefficient (Wildman–Crippen LogP) is 0.962. The van der Waals surface area contributed by atoms with Crippen molar-refractivity contribution < 1.29 is 14.3 Å². The van der Waals surface area contributed by atoms with Gasteiger partial charge in [-0.2, -0.15) is 0 Å². The lowest BCUT2D eigenvalue weighted by molar-refractivity contribution is -0.129. The Balaban J connectivity index is 1.84. The average Bonchev–Trinajstić information content (AvgIpc) is 2.58. The molecule has 1 heterocycles. The number of morpholine rings is 1. The standard InChI is InChI=1S/C18H29N3O3/c1-14(21-8-9-24-17(13-21)12-20(2)3)18(22)19-11-15-6-5-7-16(10-15)23-4/h5-7,10,14,17H,8-9,11-13H2,1-4H3,(H,19,22)/t14-,17+/m0/s1. The lowest BCUT2D eigenvalue weighted by Gasteiger charge is -2.37. The highest BCUT2D eigenvalue weighted by molar-refractivity contribution is 5.81. The molecule has 1 aliphatic rings. The third-order valence-corrected chi connectivity index (χ3v) is 4.27. The van der Waals surface area contributed by atoms with Crippen molar-refractivity contribution in [2.75, 3.05) is 47.4 Å². The number of carbonyl (C=O) groups is 1. The third kappa shape index (κ3) is 5.47. The molecule has 1 amide bonds. The van der Waals surface area contributed by atoms with Gasteiger partial charge < -0.3 is 19.7 Å². The molecule has 24 heavy (non-hydrogen) atoms. The van der Waals surface area contributed by atoms with Crippen LogP contribution >= 0.6 is 0 Å². The maximum absolute atomic E-state index is 12.5. The molecule has 1 aromatic rings. The monoisotopic (exact) mass is 335 g/mol. The van der Waals surface area contributed by atoms with Crippen LogP contribution in [0.1, 0.15) is 12.5 Å². The van der Waals surface area contributed by atoms with Gasteiger partial charge in [0.25, 0.3) is 0 Å². The largest absolute Gasteiger partial charge is 0.497 e. The first-order chi connectivity index (χ1) is 11.5. The van der Waals surface area contributed by atoms with Crippen LogP contribution in [0.25, 0.3) is 0 Å². The van der Waals surface area contributed by atoms with Crippen molar-refractivity contribution in [2.45, 2.75) is 25.6 Å². The van der Waals surface area contributed by atoms with Crippen LogP contribution in [0.5, 0.6) is 5.75 Å². The van der Waals surface area contributed by atoms with Crippen LogP contribution in [-0.4, -0.2) is 75.3 Å². The molecular weight excluding hydrogens is 306 g/mol. The molecular formula is C18H29N3O3. The number of ether oxygens (including phenoxy) is 2. The number of hydrogen-bond acceptors (Lipinski definition) is 5. The van der Waals surface area contributed by atoms with Crippen LogP contribution in [0.2, 0.25) is 0 Å². The van der Waals surface area contributed by atoms with Crippen LogP contribution in [0.3, 0.4) is 0 Å². The summed E-state index contributed by atoms with van der Waals surface area (Å²) < 4.78 is 11.0. The molecule has 2 rings (SSSR count). The number of methoxy groups -OCH3 is 1. The van der Waals surface area contributed by atoms with Crippen molar-refractivity contribution in [3.8, 4) is 5.75 Å². The molecule has 1 saturated heterocycles. The van der Waals surface area contributed by atoms with E-state index in [0.717, 1.165) is 30.9 Å². The maximum atomic E-state index is 12.5. The van der Waals surface area contributed by atoms with Crippen LogP contribution in [0.15, 0.2) is 24.3 Å². The zero-order valence-electron chi connectivity index (χ0n) is 15.1. The summed E-state index contributed by atoms with van der Waals surface area (Å²) in [5.74, 6) is 0.845. The molecule has 1 aliphatic heterocycles. The van der Waals surface area contributed by atoms with Crippen molar-refractivity contribution in [3.05, 3.63) is 29.8 Å². The molecule has 0 bridgehead atoms. The minimum atomic E-state index is -0.163. The smallest absolute Gasteiger partial charge is 0.237 e. The van der Waals surface area contributed by atoms with Crippen molar-refractivity contribution in [1.82, 2.24) is 15.1 Å². The fraction of sp³-hybridized carbons (Fsp3) is 0.611. The fourth-order valence-electron chi connectivity index (χ4n) is 2.90. The van der Waals surface area contributed by atoms with E-state index in [-0.39, 0.29) is 18.1 Å². The van der Waals surface area contributed by atoms with Crippen molar-refractivity contribution in [2.24, 2.45) is 0 Å². The first-order valence-electron chi connectivity index (χ1n) is 8.40. The number of nitrogens with zero attached hydrogens (tertiary/aromatic N) is 2. The Hall–Kier alpha value is -1.63. The molecule has 0 radical (unpaired) electrons. The zero-order valence-corrected chi connectivity index (χ0v) is 15.1. The third-order valence-electron chi connectivity index (χ3n) is 4.27. The Kier molecular flexibility index (Phi) is 7.02. The molecule has 6 nitrogen and oxygen atoms in total. The van der Waals surface area contributed by atoms with Gasteiger partial charge in [-0.15, -0.1) is 0 Å². The van der Waals surface area contributed by atoms with Crippen LogP contribution in [0, 0.1) is 0 Å². The number of nitrogens with one attached hydrogen (secondary N) is 1. The highest BCUT2D eigenvalue weighted by Crippen LogP contribution is 2.13. The summed E-state index contributed by atoms with van der Waals surface area (Å²) in [4.78, 5) is 16.8. The molecule has 0 spiro atoms. The minimum Gasteiger partial charge on any atom is -0.497 e. The Morgan fingerprint density at radius 3 is 3.00 bits per heavy atom. The van der Waals surface area contributed by atoms with Gasteiger partial charge in [0, 0.05) is 26.2 Å². The quantitative estimate of drug-likeness (QED) is 0.804. The van der Waals surface area contributed by atoms with Gasteiger partial charge in [0.1, 0.15) is 5.75 Å². The lowest BCUT2D eigenvalue weighted by atomic mass is 10.1. The van der Waals surface area contributed by atoms with Crippen molar-refractivity contribution in [3.63, 3.8) is 0 Å². The highest BCUT2D eigenvalue weighted by atomic mass is 16.5. The van der Waals surface area contributed by atoms with Crippen LogP contribution in [-0.2, 0) is 16.1 Å². The lowest BCUT2D eigenvalue weighted by Crippen LogP contribution is -2.53. The van der Waals surface area contributed by atoms with E-state index >= 15 is 0 Å². The summed E-state index contributed by atoms with van der Waals surface area (Å²) in [6, 6.07) is 7.58. The fourth-order valence-corrected chi connectivity index (χ4v) is 2.90. The van der Waals surface area contributed by atoms with E-state index in [0.29, 0.717) is 13.2 Å². The molecule has 0 aliphatic carbocycles. The predicted molar refractivity (Wildman–Crippen MR) is 94.2 cm³/mol. The Labute approximate surface area is 144 Å². The number of likely N-dealkylation sites (N-methyl/N-ethyl adjacent to an activating group) is 1. The molecule has 1 aromatic carbocycles. The molecule has 1 N–H and O–H groups in total.